The smallest absolute Gasteiger partial charge is 0.0850 e. The summed E-state index contributed by atoms with van der Waals surface area (Å²) in [5, 5.41) is 5.26. The van der Waals surface area contributed by atoms with E-state index in [-0.39, 0.29) is 11.6 Å². The van der Waals surface area contributed by atoms with E-state index in [1.54, 1.807) is 0 Å². The molecule has 0 aliphatic rings. The third-order valence-corrected chi connectivity index (χ3v) is 4.97. The molecule has 3 N–H and O–H groups in total. The number of halogens is 1. The highest BCUT2D eigenvalue weighted by atomic mass is 35.5. The van der Waals surface area contributed by atoms with E-state index >= 15 is 0 Å². The van der Waals surface area contributed by atoms with Gasteiger partial charge in [-0.25, -0.2) is 0 Å². The van der Waals surface area contributed by atoms with Crippen LogP contribution in [-0.4, -0.2) is 39.4 Å². The van der Waals surface area contributed by atoms with Crippen molar-refractivity contribution in [2.24, 2.45) is 12.9 Å². The molecule has 6 heteroatoms. The zero-order chi connectivity index (χ0) is 16.2. The Balaban J connectivity index is 3.05. The number of hydrogen-bond acceptors (Lipinski definition) is 4. The van der Waals surface area contributed by atoms with E-state index in [1.165, 1.54) is 0 Å². The second kappa shape index (κ2) is 7.58. The van der Waals surface area contributed by atoms with E-state index in [4.69, 9.17) is 17.4 Å². The number of aryl methyl sites for hydroxylation is 2. The van der Waals surface area contributed by atoms with Gasteiger partial charge >= 0.3 is 0 Å². The van der Waals surface area contributed by atoms with Gasteiger partial charge in [0.25, 0.3) is 0 Å². The molecule has 0 aliphatic carbocycles. The van der Waals surface area contributed by atoms with Crippen molar-refractivity contribution in [1.29, 1.82) is 0 Å². The van der Waals surface area contributed by atoms with Gasteiger partial charge in [-0.3, -0.25) is 20.9 Å². The summed E-state index contributed by atoms with van der Waals surface area (Å²) >= 11 is 6.46. The second-order valence-corrected chi connectivity index (χ2v) is 6.31. The molecule has 0 amide bonds. The molecule has 5 nitrogen and oxygen atoms in total. The number of nitrogens with zero attached hydrogens (tertiary/aromatic N) is 3. The third kappa shape index (κ3) is 3.77. The molecule has 1 heterocycles. The summed E-state index contributed by atoms with van der Waals surface area (Å²) in [7, 11) is 1.94. The number of hydrazine groups is 1. The Bertz CT molecular complexity index is 451. The lowest BCUT2D eigenvalue weighted by Crippen LogP contribution is -2.60. The summed E-state index contributed by atoms with van der Waals surface area (Å²) in [5.41, 5.74) is 4.90. The standard InChI is InChI=1S/C15H30ClN5/c1-7-11-14(16)12(20(6)19-11)10-13(18-17)15(4,5)21(8-2)9-3/h13,18H,7-10,17H2,1-6H3. The maximum atomic E-state index is 6.46. The van der Waals surface area contributed by atoms with Crippen LogP contribution < -0.4 is 11.3 Å². The van der Waals surface area contributed by atoms with Gasteiger partial charge in [-0.15, -0.1) is 0 Å². The molecule has 1 aromatic rings. The van der Waals surface area contributed by atoms with Gasteiger partial charge in [0.15, 0.2) is 0 Å². The fourth-order valence-corrected chi connectivity index (χ4v) is 3.38. The summed E-state index contributed by atoms with van der Waals surface area (Å²) in [4.78, 5) is 2.41. The van der Waals surface area contributed by atoms with E-state index in [1.807, 2.05) is 11.7 Å². The highest BCUT2D eigenvalue weighted by molar-refractivity contribution is 6.31. The number of rotatable bonds is 8. The van der Waals surface area contributed by atoms with Crippen LogP contribution in [0.1, 0.15) is 46.0 Å². The normalized spacial score (nSPS) is 14.0. The zero-order valence-corrected chi connectivity index (χ0v) is 15.0. The summed E-state index contributed by atoms with van der Waals surface area (Å²) in [6.45, 7) is 12.8. The predicted octanol–water partition coefficient (Wildman–Crippen LogP) is 2.13. The summed E-state index contributed by atoms with van der Waals surface area (Å²) < 4.78 is 1.88. The third-order valence-electron chi connectivity index (χ3n) is 4.53. The molecule has 0 spiro atoms. The molecule has 0 aliphatic heterocycles. The fourth-order valence-electron chi connectivity index (χ4n) is 3.01. The Hall–Kier alpha value is -0.620. The SMILES string of the molecule is CCc1nn(C)c(CC(NN)C(C)(C)N(CC)CC)c1Cl. The van der Waals surface area contributed by atoms with Gasteiger partial charge in [0.1, 0.15) is 0 Å². The van der Waals surface area contributed by atoms with Crippen LogP contribution in [0.3, 0.4) is 0 Å². The van der Waals surface area contributed by atoms with Gasteiger partial charge in [0, 0.05) is 25.0 Å². The molecular formula is C15H30ClN5. The van der Waals surface area contributed by atoms with E-state index < -0.39 is 0 Å². The van der Waals surface area contributed by atoms with Crippen LogP contribution in [0.4, 0.5) is 0 Å². The molecule has 1 atom stereocenters. The average Bonchev–Trinajstić information content (AvgIpc) is 2.71. The second-order valence-electron chi connectivity index (χ2n) is 5.93. The summed E-state index contributed by atoms with van der Waals surface area (Å²) in [5.74, 6) is 5.84. The number of likely N-dealkylation sites (N-methyl/N-ethyl adjacent to an activating group) is 1. The minimum absolute atomic E-state index is 0.0712. The monoisotopic (exact) mass is 315 g/mol. The minimum Gasteiger partial charge on any atom is -0.297 e. The molecule has 1 aromatic heterocycles. The Labute approximate surface area is 133 Å². The van der Waals surface area contributed by atoms with E-state index in [9.17, 15) is 0 Å². The molecule has 0 fully saturated rings. The molecule has 1 unspecified atom stereocenters. The van der Waals surface area contributed by atoms with E-state index in [2.05, 4.69) is 50.0 Å². The highest BCUT2D eigenvalue weighted by Crippen LogP contribution is 2.26. The maximum absolute atomic E-state index is 6.46. The first kappa shape index (κ1) is 18.4. The molecule has 21 heavy (non-hydrogen) atoms. The van der Waals surface area contributed by atoms with E-state index in [0.29, 0.717) is 0 Å². The summed E-state index contributed by atoms with van der Waals surface area (Å²) in [6.07, 6.45) is 1.59. The first-order valence-electron chi connectivity index (χ1n) is 7.74. The van der Waals surface area contributed by atoms with Crippen LogP contribution in [0.15, 0.2) is 0 Å². The van der Waals surface area contributed by atoms with Crippen molar-refractivity contribution in [2.45, 2.75) is 59.0 Å². The molecule has 0 bridgehead atoms. The lowest BCUT2D eigenvalue weighted by Gasteiger charge is -2.43. The molecule has 0 aromatic carbocycles. The van der Waals surface area contributed by atoms with Gasteiger partial charge < -0.3 is 0 Å². The van der Waals surface area contributed by atoms with Crippen LogP contribution in [0.2, 0.25) is 5.02 Å². The van der Waals surface area contributed by atoms with Crippen molar-refractivity contribution in [3.8, 4) is 0 Å². The molecule has 0 saturated heterocycles. The first-order valence-corrected chi connectivity index (χ1v) is 8.12. The Morgan fingerprint density at radius 2 is 1.90 bits per heavy atom. The minimum atomic E-state index is -0.0712. The number of hydrogen-bond donors (Lipinski definition) is 2. The largest absolute Gasteiger partial charge is 0.297 e. The highest BCUT2D eigenvalue weighted by Gasteiger charge is 2.34. The Morgan fingerprint density at radius 3 is 2.29 bits per heavy atom. The van der Waals surface area contributed by atoms with Gasteiger partial charge in [-0.2, -0.15) is 5.10 Å². The molecular weight excluding hydrogens is 286 g/mol. The average molecular weight is 316 g/mol. The van der Waals surface area contributed by atoms with Crippen LogP contribution in [0.5, 0.6) is 0 Å². The van der Waals surface area contributed by atoms with Crippen LogP contribution in [0.25, 0.3) is 0 Å². The Kier molecular flexibility index (Phi) is 6.66. The lowest BCUT2D eigenvalue weighted by atomic mass is 9.89. The number of aromatic nitrogens is 2. The van der Waals surface area contributed by atoms with Gasteiger partial charge in [-0.05, 0) is 33.4 Å². The predicted molar refractivity (Wildman–Crippen MR) is 89.4 cm³/mol. The molecule has 0 radical (unpaired) electrons. The lowest BCUT2D eigenvalue weighted by molar-refractivity contribution is 0.0904. The van der Waals surface area contributed by atoms with Crippen molar-refractivity contribution >= 4 is 11.6 Å². The van der Waals surface area contributed by atoms with Gasteiger partial charge in [0.05, 0.1) is 16.4 Å². The zero-order valence-electron chi connectivity index (χ0n) is 14.2. The summed E-state index contributed by atoms with van der Waals surface area (Å²) in [6, 6.07) is 0.0926. The van der Waals surface area contributed by atoms with Gasteiger partial charge in [-0.1, -0.05) is 32.4 Å². The fraction of sp³-hybridized carbons (Fsp3) is 0.800. The Morgan fingerprint density at radius 1 is 1.33 bits per heavy atom. The van der Waals surface area contributed by atoms with Crippen molar-refractivity contribution < 1.29 is 0 Å². The van der Waals surface area contributed by atoms with E-state index in [0.717, 1.165) is 42.3 Å². The van der Waals surface area contributed by atoms with Crippen LogP contribution >= 0.6 is 11.6 Å². The van der Waals surface area contributed by atoms with Crippen molar-refractivity contribution in [2.75, 3.05) is 13.1 Å². The quantitative estimate of drug-likeness (QED) is 0.570. The molecule has 0 saturated carbocycles. The van der Waals surface area contributed by atoms with Crippen molar-refractivity contribution in [3.63, 3.8) is 0 Å². The number of nitrogens with two attached hydrogens (primary N) is 1. The number of nitrogens with one attached hydrogen (secondary N) is 1. The molecule has 1 rings (SSSR count). The first-order chi connectivity index (χ1) is 9.83. The maximum Gasteiger partial charge on any atom is 0.0850 e. The van der Waals surface area contributed by atoms with Crippen molar-refractivity contribution in [3.05, 3.63) is 16.4 Å². The van der Waals surface area contributed by atoms with Crippen LogP contribution in [-0.2, 0) is 19.9 Å². The molecule has 122 valence electrons. The van der Waals surface area contributed by atoms with Crippen LogP contribution in [0, 0.1) is 0 Å². The van der Waals surface area contributed by atoms with Gasteiger partial charge in [0.2, 0.25) is 0 Å². The topological polar surface area (TPSA) is 59.1 Å². The van der Waals surface area contributed by atoms with Crippen molar-refractivity contribution in [1.82, 2.24) is 20.1 Å².